The van der Waals surface area contributed by atoms with Crippen LogP contribution in [0.15, 0.2) is 30.4 Å². The normalized spacial score (nSPS) is 22.0. The average Bonchev–Trinajstić information content (AvgIpc) is 3.09. The molecule has 3 heterocycles. The van der Waals surface area contributed by atoms with Crippen LogP contribution in [0.4, 0.5) is 0 Å². The zero-order valence-electron chi connectivity index (χ0n) is 16.6. The number of piperidine rings is 1. The van der Waals surface area contributed by atoms with Crippen molar-refractivity contribution in [2.24, 2.45) is 0 Å². The van der Waals surface area contributed by atoms with Gasteiger partial charge in [-0.05, 0) is 25.0 Å². The molecule has 0 aliphatic carbocycles. The molecule has 168 valence electrons. The highest BCUT2D eigenvalue weighted by Crippen LogP contribution is 2.38. The third kappa shape index (κ3) is 6.78. The van der Waals surface area contributed by atoms with Crippen molar-refractivity contribution < 1.29 is 34.1 Å². The molecule has 11 heteroatoms. The lowest BCUT2D eigenvalue weighted by Gasteiger charge is -2.40. The number of carbonyl (C=O) groups excluding carboxylic acids is 1. The molecule has 3 N–H and O–H groups in total. The van der Waals surface area contributed by atoms with E-state index in [1.54, 1.807) is 17.8 Å². The van der Waals surface area contributed by atoms with Gasteiger partial charge in [0.05, 0.1) is 10.6 Å². The van der Waals surface area contributed by atoms with E-state index in [2.05, 4.69) is 10.2 Å². The summed E-state index contributed by atoms with van der Waals surface area (Å²) in [5.41, 5.74) is 0. The summed E-state index contributed by atoms with van der Waals surface area (Å²) in [7, 11) is 0. The number of halogens is 1. The van der Waals surface area contributed by atoms with Crippen LogP contribution in [0.5, 0.6) is 11.5 Å². The van der Waals surface area contributed by atoms with Crippen LogP contribution in [-0.2, 0) is 14.4 Å². The van der Waals surface area contributed by atoms with Crippen molar-refractivity contribution in [1.29, 1.82) is 0 Å². The van der Waals surface area contributed by atoms with Crippen molar-refractivity contribution in [1.82, 2.24) is 10.2 Å². The minimum Gasteiger partial charge on any atom is -0.486 e. The lowest BCUT2D eigenvalue weighted by molar-refractivity contribution is -0.134. The maximum absolute atomic E-state index is 11.5. The Balaban J connectivity index is 0.000000293. The first kappa shape index (κ1) is 23.2. The molecule has 9 nitrogen and oxygen atoms in total. The van der Waals surface area contributed by atoms with Gasteiger partial charge in [0, 0.05) is 42.9 Å². The Morgan fingerprint density at radius 1 is 1.23 bits per heavy atom. The van der Waals surface area contributed by atoms with Crippen LogP contribution in [0.1, 0.15) is 12.8 Å². The zero-order valence-corrected chi connectivity index (χ0v) is 18.2. The molecule has 2 saturated heterocycles. The van der Waals surface area contributed by atoms with Crippen molar-refractivity contribution in [2.45, 2.75) is 23.8 Å². The molecule has 0 aromatic heterocycles. The number of nitrogens with zero attached hydrogens (tertiary/aromatic N) is 1. The molecule has 1 amide bonds. The minimum absolute atomic E-state index is 0.0147. The number of nitrogens with one attached hydrogen (secondary N) is 1. The van der Waals surface area contributed by atoms with Crippen molar-refractivity contribution in [3.05, 3.63) is 35.4 Å². The summed E-state index contributed by atoms with van der Waals surface area (Å²) < 4.78 is 11.8. The molecule has 0 saturated carbocycles. The van der Waals surface area contributed by atoms with E-state index in [1.165, 1.54) is 0 Å². The summed E-state index contributed by atoms with van der Waals surface area (Å²) in [5, 5.41) is 19.4. The number of hydrogen-bond acceptors (Lipinski definition) is 7. The highest BCUT2D eigenvalue weighted by atomic mass is 35.5. The molecular formula is C20H23ClN2O7S. The van der Waals surface area contributed by atoms with Crippen LogP contribution >= 0.6 is 23.4 Å². The number of aliphatic carboxylic acids is 2. The fourth-order valence-corrected chi connectivity index (χ4v) is 4.81. The molecule has 1 unspecified atom stereocenters. The van der Waals surface area contributed by atoms with Gasteiger partial charge in [-0.2, -0.15) is 0 Å². The fourth-order valence-electron chi connectivity index (χ4n) is 3.51. The second-order valence-electron chi connectivity index (χ2n) is 7.28. The van der Waals surface area contributed by atoms with Gasteiger partial charge in [0.25, 0.3) is 0 Å². The Kier molecular flexibility index (Phi) is 7.69. The van der Waals surface area contributed by atoms with Crippen LogP contribution in [0, 0.1) is 0 Å². The highest BCUT2D eigenvalue weighted by molar-refractivity contribution is 8.01. The molecule has 1 aromatic carbocycles. The number of fused-ring (bicyclic) bond motifs is 1. The lowest BCUT2D eigenvalue weighted by Crippen LogP contribution is -2.52. The third-order valence-electron chi connectivity index (χ3n) is 4.96. The lowest BCUT2D eigenvalue weighted by atomic mass is 10.0. The predicted molar refractivity (Wildman–Crippen MR) is 115 cm³/mol. The Labute approximate surface area is 188 Å². The minimum atomic E-state index is -1.26. The van der Waals surface area contributed by atoms with Gasteiger partial charge in [0.15, 0.2) is 11.5 Å². The molecule has 4 rings (SSSR count). The molecule has 3 aliphatic heterocycles. The number of ether oxygens (including phenoxy) is 2. The van der Waals surface area contributed by atoms with E-state index in [0.717, 1.165) is 44.0 Å². The van der Waals surface area contributed by atoms with Gasteiger partial charge in [-0.3, -0.25) is 9.69 Å². The van der Waals surface area contributed by atoms with E-state index < -0.39 is 11.9 Å². The average molecular weight is 471 g/mol. The second kappa shape index (κ2) is 10.3. The smallest absolute Gasteiger partial charge is 0.328 e. The molecule has 31 heavy (non-hydrogen) atoms. The fraction of sp³-hybridized carbons (Fsp3) is 0.450. The summed E-state index contributed by atoms with van der Waals surface area (Å²) >= 11 is 7.77. The summed E-state index contributed by atoms with van der Waals surface area (Å²) in [6, 6.07) is 5.46. The quantitative estimate of drug-likeness (QED) is 0.565. The maximum Gasteiger partial charge on any atom is 0.328 e. The summed E-state index contributed by atoms with van der Waals surface area (Å²) in [6.07, 6.45) is 3.10. The highest BCUT2D eigenvalue weighted by Gasteiger charge is 2.41. The summed E-state index contributed by atoms with van der Waals surface area (Å²) in [6.45, 7) is 3.33. The van der Waals surface area contributed by atoms with Gasteiger partial charge in [0.2, 0.25) is 5.91 Å². The van der Waals surface area contributed by atoms with E-state index in [4.69, 9.17) is 31.3 Å². The van der Waals surface area contributed by atoms with Gasteiger partial charge in [-0.15, -0.1) is 11.8 Å². The summed E-state index contributed by atoms with van der Waals surface area (Å²) in [4.78, 5) is 32.9. The van der Waals surface area contributed by atoms with E-state index in [0.29, 0.717) is 29.5 Å². The molecule has 2 fully saturated rings. The molecule has 1 spiro atoms. The molecule has 0 radical (unpaired) electrons. The number of hydrogen-bond donors (Lipinski definition) is 3. The maximum atomic E-state index is 11.5. The van der Waals surface area contributed by atoms with Crippen molar-refractivity contribution in [3.63, 3.8) is 0 Å². The van der Waals surface area contributed by atoms with E-state index in [-0.39, 0.29) is 16.9 Å². The summed E-state index contributed by atoms with van der Waals surface area (Å²) in [5.74, 6) is -0.271. The monoisotopic (exact) mass is 470 g/mol. The molecule has 0 bridgehead atoms. The van der Waals surface area contributed by atoms with Crippen LogP contribution in [-0.4, -0.2) is 75.9 Å². The molecular weight excluding hydrogens is 448 g/mol. The van der Waals surface area contributed by atoms with Crippen LogP contribution in [0.2, 0.25) is 5.02 Å². The second-order valence-corrected chi connectivity index (χ2v) is 9.08. The largest absolute Gasteiger partial charge is 0.486 e. The van der Waals surface area contributed by atoms with Gasteiger partial charge >= 0.3 is 11.9 Å². The topological polar surface area (TPSA) is 125 Å². The zero-order chi connectivity index (χ0) is 22.4. The molecule has 3 aliphatic rings. The first-order valence-corrected chi connectivity index (χ1v) is 11.0. The number of amides is 1. The number of thioether (sulfide) groups is 1. The number of benzene rings is 1. The first-order chi connectivity index (χ1) is 14.7. The van der Waals surface area contributed by atoms with Crippen molar-refractivity contribution >= 4 is 41.2 Å². The predicted octanol–water partition coefficient (Wildman–Crippen LogP) is 1.85. The Morgan fingerprint density at radius 2 is 1.90 bits per heavy atom. The standard InChI is InChI=1S/C16H19ClN2O3S.C4H4O4/c17-11-1-2-13-14(7-11)22-12(9-21-13)8-19-5-3-16(4-6-19)18-15(20)10-23-16;5-3(6)1-2-4(7)8/h1-2,7,12H,3-6,8-10H2,(H,18,20);1-2H,(H,5,6)(H,7,8)/b;2-1+. The van der Waals surface area contributed by atoms with Crippen LogP contribution in [0.3, 0.4) is 0 Å². The van der Waals surface area contributed by atoms with E-state index in [1.807, 2.05) is 12.1 Å². The first-order valence-electron chi connectivity index (χ1n) is 9.65. The Bertz CT molecular complexity index is 855. The van der Waals surface area contributed by atoms with Gasteiger partial charge in [0.1, 0.15) is 12.7 Å². The number of likely N-dealkylation sites (tertiary alicyclic amines) is 1. The van der Waals surface area contributed by atoms with Crippen molar-refractivity contribution in [3.8, 4) is 11.5 Å². The molecule has 1 atom stereocenters. The van der Waals surface area contributed by atoms with Crippen molar-refractivity contribution in [2.75, 3.05) is 32.0 Å². The SMILES string of the molecule is O=C(O)/C=C/C(=O)O.O=C1CSC2(CCN(CC3COc4ccc(Cl)cc4O3)CC2)N1. The third-order valence-corrected chi connectivity index (χ3v) is 6.67. The van der Waals surface area contributed by atoms with Crippen LogP contribution in [0.25, 0.3) is 0 Å². The van der Waals surface area contributed by atoms with E-state index >= 15 is 0 Å². The number of carboxylic acid groups (broad SMARTS) is 2. The van der Waals surface area contributed by atoms with E-state index in [9.17, 15) is 14.4 Å². The Hall–Kier alpha value is -2.43. The van der Waals surface area contributed by atoms with Crippen LogP contribution < -0.4 is 14.8 Å². The molecule has 1 aromatic rings. The Morgan fingerprint density at radius 3 is 2.48 bits per heavy atom. The van der Waals surface area contributed by atoms with Gasteiger partial charge in [-0.1, -0.05) is 11.6 Å². The number of carbonyl (C=O) groups is 3. The van der Waals surface area contributed by atoms with Gasteiger partial charge < -0.3 is 25.0 Å². The number of carboxylic acids is 2. The number of rotatable bonds is 4. The van der Waals surface area contributed by atoms with Gasteiger partial charge in [-0.25, -0.2) is 9.59 Å².